The van der Waals surface area contributed by atoms with Crippen molar-refractivity contribution in [2.45, 2.75) is 32.4 Å². The van der Waals surface area contributed by atoms with E-state index in [0.29, 0.717) is 0 Å². The average molecular weight is 201 g/mol. The molecule has 0 radical (unpaired) electrons. The molecule has 1 rings (SSSR count). The molecule has 0 aromatic rings. The summed E-state index contributed by atoms with van der Waals surface area (Å²) in [5.41, 5.74) is -0.549. The fourth-order valence-corrected chi connectivity index (χ4v) is 1.04. The molecule has 1 aliphatic rings. The van der Waals surface area contributed by atoms with E-state index in [-0.39, 0.29) is 19.0 Å². The van der Waals surface area contributed by atoms with Crippen molar-refractivity contribution < 1.29 is 19.1 Å². The van der Waals surface area contributed by atoms with Gasteiger partial charge < -0.3 is 14.8 Å². The van der Waals surface area contributed by atoms with Crippen LogP contribution in [-0.2, 0) is 14.3 Å². The lowest BCUT2D eigenvalue weighted by Crippen LogP contribution is -2.42. The van der Waals surface area contributed by atoms with E-state index in [9.17, 15) is 9.59 Å². The lowest BCUT2D eigenvalue weighted by atomic mass is 10.2. The van der Waals surface area contributed by atoms with Crippen molar-refractivity contribution in [3.63, 3.8) is 0 Å². The Balaban J connectivity index is 2.37. The Bertz CT molecular complexity index is 244. The van der Waals surface area contributed by atoms with Gasteiger partial charge in [-0.25, -0.2) is 4.79 Å². The zero-order valence-corrected chi connectivity index (χ0v) is 8.62. The molecule has 5 heteroatoms. The summed E-state index contributed by atoms with van der Waals surface area (Å²) >= 11 is 0. The van der Waals surface area contributed by atoms with E-state index in [1.165, 1.54) is 0 Å². The highest BCUT2D eigenvalue weighted by Crippen LogP contribution is 2.07. The summed E-state index contributed by atoms with van der Waals surface area (Å²) in [6.07, 6.45) is -0.582. The van der Waals surface area contributed by atoms with Gasteiger partial charge in [-0.05, 0) is 20.8 Å². The first-order chi connectivity index (χ1) is 6.38. The quantitative estimate of drug-likeness (QED) is 0.670. The van der Waals surface area contributed by atoms with Crippen LogP contribution in [0.1, 0.15) is 20.8 Å². The van der Waals surface area contributed by atoms with Crippen LogP contribution in [0, 0.1) is 0 Å². The van der Waals surface area contributed by atoms with E-state index in [1.807, 2.05) is 0 Å². The molecule has 1 atom stereocenters. The Morgan fingerprint density at radius 1 is 1.57 bits per heavy atom. The number of carbonyl (C=O) groups is 2. The molecule has 0 aliphatic carbocycles. The van der Waals surface area contributed by atoms with E-state index >= 15 is 0 Å². The first-order valence-corrected chi connectivity index (χ1v) is 4.48. The second-order valence-electron chi connectivity index (χ2n) is 4.18. The number of carbonyl (C=O) groups excluding carboxylic acids is 2. The zero-order valence-electron chi connectivity index (χ0n) is 8.62. The number of alkyl carbamates (subject to hydrolysis) is 1. The Labute approximate surface area is 82.8 Å². The third-order valence-corrected chi connectivity index (χ3v) is 1.61. The summed E-state index contributed by atoms with van der Waals surface area (Å²) in [5.74, 6) is -0.115. The van der Waals surface area contributed by atoms with Gasteiger partial charge in [0.1, 0.15) is 18.2 Å². The van der Waals surface area contributed by atoms with E-state index in [2.05, 4.69) is 5.32 Å². The van der Waals surface area contributed by atoms with Gasteiger partial charge in [0.05, 0.1) is 6.61 Å². The zero-order chi connectivity index (χ0) is 10.8. The van der Waals surface area contributed by atoms with Gasteiger partial charge >= 0.3 is 6.09 Å². The van der Waals surface area contributed by atoms with Crippen LogP contribution in [0.25, 0.3) is 0 Å². The number of ether oxygens (including phenoxy) is 2. The van der Waals surface area contributed by atoms with Crippen LogP contribution in [0.4, 0.5) is 4.79 Å². The molecule has 0 spiro atoms. The van der Waals surface area contributed by atoms with E-state index < -0.39 is 17.7 Å². The maximum atomic E-state index is 11.2. The van der Waals surface area contributed by atoms with Gasteiger partial charge in [0, 0.05) is 0 Å². The van der Waals surface area contributed by atoms with Crippen molar-refractivity contribution in [1.29, 1.82) is 0 Å². The number of hydrogen-bond acceptors (Lipinski definition) is 4. The molecule has 80 valence electrons. The fraction of sp³-hybridized carbons (Fsp3) is 0.778. The van der Waals surface area contributed by atoms with Crippen molar-refractivity contribution in [2.24, 2.45) is 0 Å². The Kier molecular flexibility index (Phi) is 3.10. The Morgan fingerprint density at radius 3 is 2.64 bits per heavy atom. The normalized spacial score (nSPS) is 22.2. The second kappa shape index (κ2) is 3.96. The molecule has 0 aromatic carbocycles. The minimum absolute atomic E-state index is 0.0699. The van der Waals surface area contributed by atoms with Gasteiger partial charge in [-0.3, -0.25) is 4.79 Å². The number of Topliss-reactive ketones (excluding diaryl/α,β-unsaturated/α-hetero) is 1. The van der Waals surface area contributed by atoms with Gasteiger partial charge in [-0.15, -0.1) is 0 Å². The van der Waals surface area contributed by atoms with E-state index in [0.717, 1.165) is 0 Å². The highest BCUT2D eigenvalue weighted by Gasteiger charge is 2.28. The summed E-state index contributed by atoms with van der Waals surface area (Å²) in [5, 5.41) is 2.45. The van der Waals surface area contributed by atoms with Crippen molar-refractivity contribution in [2.75, 3.05) is 13.2 Å². The highest BCUT2D eigenvalue weighted by molar-refractivity contribution is 5.89. The molecule has 0 unspecified atom stereocenters. The molecular weight excluding hydrogens is 186 g/mol. The van der Waals surface area contributed by atoms with Gasteiger partial charge in [-0.2, -0.15) is 0 Å². The van der Waals surface area contributed by atoms with E-state index in [4.69, 9.17) is 9.47 Å². The van der Waals surface area contributed by atoms with Gasteiger partial charge in [0.25, 0.3) is 0 Å². The second-order valence-corrected chi connectivity index (χ2v) is 4.18. The largest absolute Gasteiger partial charge is 0.444 e. The molecule has 1 saturated heterocycles. The summed E-state index contributed by atoms with van der Waals surface area (Å²) in [4.78, 5) is 22.3. The lowest BCUT2D eigenvalue weighted by Gasteiger charge is -2.20. The molecule has 0 saturated carbocycles. The SMILES string of the molecule is CC(C)(C)OC(=O)N[C@@H]1COCC1=O. The molecule has 1 fully saturated rings. The molecule has 0 bridgehead atoms. The Hall–Kier alpha value is -1.10. The summed E-state index contributed by atoms with van der Waals surface area (Å²) in [6, 6.07) is -0.551. The average Bonchev–Trinajstić information content (AvgIpc) is 2.32. The summed E-state index contributed by atoms with van der Waals surface area (Å²) in [7, 11) is 0. The van der Waals surface area contributed by atoms with Crippen LogP contribution in [-0.4, -0.2) is 36.7 Å². The van der Waals surface area contributed by atoms with Gasteiger partial charge in [0.2, 0.25) is 0 Å². The van der Waals surface area contributed by atoms with E-state index in [1.54, 1.807) is 20.8 Å². The molecule has 1 heterocycles. The number of nitrogens with one attached hydrogen (secondary N) is 1. The van der Waals surface area contributed by atoms with Crippen molar-refractivity contribution in [3.05, 3.63) is 0 Å². The lowest BCUT2D eigenvalue weighted by molar-refractivity contribution is -0.119. The minimum Gasteiger partial charge on any atom is -0.444 e. The first-order valence-electron chi connectivity index (χ1n) is 4.48. The predicted octanol–water partition coefficient (Wildman–Crippen LogP) is 0.479. The van der Waals surface area contributed by atoms with Crippen molar-refractivity contribution >= 4 is 11.9 Å². The molecule has 5 nitrogen and oxygen atoms in total. The third-order valence-electron chi connectivity index (χ3n) is 1.61. The summed E-state index contributed by atoms with van der Waals surface area (Å²) < 4.78 is 9.87. The maximum Gasteiger partial charge on any atom is 0.408 e. The van der Waals surface area contributed by atoms with Gasteiger partial charge in [0.15, 0.2) is 5.78 Å². The van der Waals surface area contributed by atoms with Crippen LogP contribution in [0.5, 0.6) is 0 Å². The predicted molar refractivity (Wildman–Crippen MR) is 49.0 cm³/mol. The number of amides is 1. The molecule has 0 aromatic heterocycles. The van der Waals surface area contributed by atoms with Crippen LogP contribution in [0.15, 0.2) is 0 Å². The van der Waals surface area contributed by atoms with Crippen LogP contribution in [0.2, 0.25) is 0 Å². The number of rotatable bonds is 1. The van der Waals surface area contributed by atoms with Crippen LogP contribution in [0.3, 0.4) is 0 Å². The minimum atomic E-state index is -0.582. The molecular formula is C9H15NO4. The molecule has 14 heavy (non-hydrogen) atoms. The van der Waals surface area contributed by atoms with Crippen molar-refractivity contribution in [1.82, 2.24) is 5.32 Å². The third kappa shape index (κ3) is 3.33. The smallest absolute Gasteiger partial charge is 0.408 e. The fourth-order valence-electron chi connectivity index (χ4n) is 1.04. The highest BCUT2D eigenvalue weighted by atomic mass is 16.6. The summed E-state index contributed by atoms with van der Waals surface area (Å²) in [6.45, 7) is 5.59. The molecule has 1 aliphatic heterocycles. The van der Waals surface area contributed by atoms with Gasteiger partial charge in [-0.1, -0.05) is 0 Å². The monoisotopic (exact) mass is 201 g/mol. The number of ketones is 1. The topological polar surface area (TPSA) is 64.6 Å². The Morgan fingerprint density at radius 2 is 2.21 bits per heavy atom. The van der Waals surface area contributed by atoms with Crippen LogP contribution >= 0.6 is 0 Å². The van der Waals surface area contributed by atoms with Crippen LogP contribution < -0.4 is 5.32 Å². The standard InChI is InChI=1S/C9H15NO4/c1-9(2,3)14-8(12)10-6-4-13-5-7(6)11/h6H,4-5H2,1-3H3,(H,10,12)/t6-/m1/s1. The number of hydrogen-bond donors (Lipinski definition) is 1. The molecule has 1 N–H and O–H groups in total. The maximum absolute atomic E-state index is 11.2. The molecule has 1 amide bonds. The van der Waals surface area contributed by atoms with Crippen molar-refractivity contribution in [3.8, 4) is 0 Å². The first kappa shape index (κ1) is 11.0.